The molecule has 0 saturated heterocycles. The summed E-state index contributed by atoms with van der Waals surface area (Å²) in [7, 11) is 0. The Hall–Kier alpha value is -1.62. The van der Waals surface area contributed by atoms with E-state index in [1.54, 1.807) is 12.1 Å². The predicted molar refractivity (Wildman–Crippen MR) is 56.2 cm³/mol. The number of nitrogens with zero attached hydrogens (tertiary/aromatic N) is 1. The van der Waals surface area contributed by atoms with Crippen molar-refractivity contribution in [3.05, 3.63) is 35.6 Å². The second-order valence-electron chi connectivity index (χ2n) is 3.25. The lowest BCUT2D eigenvalue weighted by Crippen LogP contribution is -2.30. The van der Waals surface area contributed by atoms with Crippen LogP contribution in [0.25, 0.3) is 0 Å². The van der Waals surface area contributed by atoms with Crippen molar-refractivity contribution in [3.8, 4) is 0 Å². The summed E-state index contributed by atoms with van der Waals surface area (Å²) in [6.45, 7) is 2.20. The van der Waals surface area contributed by atoms with Gasteiger partial charge in [-0.2, -0.15) is 0 Å². The normalized spacial score (nSPS) is 13.9. The predicted octanol–water partition coefficient (Wildman–Crippen LogP) is 1.22. The van der Waals surface area contributed by atoms with Gasteiger partial charge < -0.3 is 16.3 Å². The fourth-order valence-corrected chi connectivity index (χ4v) is 1.16. The minimum Gasteiger partial charge on any atom is -0.409 e. The summed E-state index contributed by atoms with van der Waals surface area (Å²) in [6.07, 6.45) is 0. The maximum atomic E-state index is 12.6. The molecule has 0 aliphatic heterocycles. The molecule has 4 N–H and O–H groups in total. The summed E-state index contributed by atoms with van der Waals surface area (Å²) < 4.78 is 12.6. The lowest BCUT2D eigenvalue weighted by atomic mass is 10.1. The third-order valence-electron chi connectivity index (χ3n) is 2.09. The fraction of sp³-hybridized carbons (Fsp3) is 0.300. The van der Waals surface area contributed by atoms with Crippen LogP contribution in [0.3, 0.4) is 0 Å². The minimum atomic E-state index is -0.262. The number of halogens is 1. The van der Waals surface area contributed by atoms with E-state index in [1.807, 2.05) is 6.92 Å². The van der Waals surface area contributed by atoms with E-state index in [9.17, 15) is 4.39 Å². The molecule has 0 saturated carbocycles. The molecule has 0 spiro atoms. The highest BCUT2D eigenvalue weighted by Gasteiger charge is 2.05. The van der Waals surface area contributed by atoms with Gasteiger partial charge in [0.1, 0.15) is 5.82 Å². The Morgan fingerprint density at radius 2 is 2.13 bits per heavy atom. The van der Waals surface area contributed by atoms with E-state index in [0.29, 0.717) is 0 Å². The van der Waals surface area contributed by atoms with Crippen molar-refractivity contribution in [1.82, 2.24) is 5.32 Å². The lowest BCUT2D eigenvalue weighted by molar-refractivity contribution is 0.316. The maximum Gasteiger partial charge on any atom is 0.153 e. The molecule has 82 valence electrons. The third-order valence-corrected chi connectivity index (χ3v) is 2.09. The van der Waals surface area contributed by atoms with Crippen LogP contribution in [0.5, 0.6) is 0 Å². The van der Waals surface area contributed by atoms with Gasteiger partial charge in [0.05, 0.1) is 6.54 Å². The molecule has 4 nitrogen and oxygen atoms in total. The minimum absolute atomic E-state index is 0.0194. The first kappa shape index (κ1) is 11.5. The van der Waals surface area contributed by atoms with Gasteiger partial charge in [-0.3, -0.25) is 0 Å². The molecule has 0 unspecified atom stereocenters. The van der Waals surface area contributed by atoms with Gasteiger partial charge in [-0.1, -0.05) is 17.3 Å². The van der Waals surface area contributed by atoms with Crippen LogP contribution in [0.2, 0.25) is 0 Å². The van der Waals surface area contributed by atoms with E-state index in [0.717, 1.165) is 5.56 Å². The molecule has 0 amide bonds. The SMILES string of the molecule is C[C@@H](NC/C(N)=N/O)c1ccc(F)cc1. The molecule has 0 heterocycles. The van der Waals surface area contributed by atoms with Gasteiger partial charge in [-0.05, 0) is 24.6 Å². The number of hydrogen-bond donors (Lipinski definition) is 3. The Bertz CT molecular complexity index is 337. The number of amidine groups is 1. The molecule has 0 bridgehead atoms. The molecular formula is C10H14FN3O. The van der Waals surface area contributed by atoms with Gasteiger partial charge in [0.15, 0.2) is 5.84 Å². The van der Waals surface area contributed by atoms with E-state index in [2.05, 4.69) is 10.5 Å². The van der Waals surface area contributed by atoms with Gasteiger partial charge in [-0.25, -0.2) is 4.39 Å². The topological polar surface area (TPSA) is 70.6 Å². The van der Waals surface area contributed by atoms with Gasteiger partial charge in [0.2, 0.25) is 0 Å². The summed E-state index contributed by atoms with van der Waals surface area (Å²) in [5, 5.41) is 14.2. The molecule has 5 heteroatoms. The molecule has 1 aromatic rings. The van der Waals surface area contributed by atoms with Crippen molar-refractivity contribution in [1.29, 1.82) is 0 Å². The molecule has 0 fully saturated rings. The number of rotatable bonds is 4. The first-order chi connectivity index (χ1) is 7.13. The van der Waals surface area contributed by atoms with E-state index in [-0.39, 0.29) is 24.2 Å². The molecular weight excluding hydrogens is 197 g/mol. The standard InChI is InChI=1S/C10H14FN3O/c1-7(13-6-10(12)14-15)8-2-4-9(11)5-3-8/h2-5,7,13,15H,6H2,1H3,(H2,12,14)/t7-/m1/s1. The van der Waals surface area contributed by atoms with Crippen LogP contribution in [-0.4, -0.2) is 17.6 Å². The quantitative estimate of drug-likeness (QED) is 0.303. The smallest absolute Gasteiger partial charge is 0.153 e. The fourth-order valence-electron chi connectivity index (χ4n) is 1.16. The Kier molecular flexibility index (Phi) is 4.05. The highest BCUT2D eigenvalue weighted by molar-refractivity contribution is 5.81. The first-order valence-electron chi connectivity index (χ1n) is 4.58. The third kappa shape index (κ3) is 3.55. The van der Waals surface area contributed by atoms with Crippen molar-refractivity contribution in [2.24, 2.45) is 10.9 Å². The number of nitrogens with two attached hydrogens (primary N) is 1. The Labute approximate surface area is 87.6 Å². The van der Waals surface area contributed by atoms with Crippen LogP contribution in [0, 0.1) is 5.82 Å². The Balaban J connectivity index is 2.53. The van der Waals surface area contributed by atoms with Crippen LogP contribution >= 0.6 is 0 Å². The zero-order valence-electron chi connectivity index (χ0n) is 8.44. The zero-order chi connectivity index (χ0) is 11.3. The van der Waals surface area contributed by atoms with Gasteiger partial charge >= 0.3 is 0 Å². The molecule has 1 aromatic carbocycles. The van der Waals surface area contributed by atoms with Crippen molar-refractivity contribution in [2.45, 2.75) is 13.0 Å². The van der Waals surface area contributed by atoms with Gasteiger partial charge in [-0.15, -0.1) is 0 Å². The van der Waals surface area contributed by atoms with Gasteiger partial charge in [0.25, 0.3) is 0 Å². The number of benzene rings is 1. The second kappa shape index (κ2) is 5.31. The summed E-state index contributed by atoms with van der Waals surface area (Å²) >= 11 is 0. The van der Waals surface area contributed by atoms with E-state index in [4.69, 9.17) is 10.9 Å². The summed E-state index contributed by atoms with van der Waals surface area (Å²) in [5.41, 5.74) is 6.25. The molecule has 1 atom stereocenters. The van der Waals surface area contributed by atoms with Gasteiger partial charge in [0, 0.05) is 6.04 Å². The van der Waals surface area contributed by atoms with E-state index < -0.39 is 0 Å². The summed E-state index contributed by atoms with van der Waals surface area (Å²) in [4.78, 5) is 0. The van der Waals surface area contributed by atoms with Crippen molar-refractivity contribution >= 4 is 5.84 Å². The number of hydrogen-bond acceptors (Lipinski definition) is 3. The molecule has 0 radical (unpaired) electrons. The zero-order valence-corrected chi connectivity index (χ0v) is 8.44. The molecule has 0 aliphatic rings. The Morgan fingerprint density at radius 1 is 1.53 bits per heavy atom. The molecule has 1 rings (SSSR count). The van der Waals surface area contributed by atoms with Crippen LogP contribution in [-0.2, 0) is 0 Å². The average molecular weight is 211 g/mol. The highest BCUT2D eigenvalue weighted by atomic mass is 19.1. The van der Waals surface area contributed by atoms with Crippen molar-refractivity contribution < 1.29 is 9.60 Å². The largest absolute Gasteiger partial charge is 0.409 e. The Morgan fingerprint density at radius 3 is 2.67 bits per heavy atom. The monoisotopic (exact) mass is 211 g/mol. The van der Waals surface area contributed by atoms with Crippen molar-refractivity contribution in [3.63, 3.8) is 0 Å². The summed E-state index contributed by atoms with van der Waals surface area (Å²) in [6, 6.07) is 6.21. The van der Waals surface area contributed by atoms with E-state index in [1.165, 1.54) is 12.1 Å². The first-order valence-corrected chi connectivity index (χ1v) is 4.58. The van der Waals surface area contributed by atoms with Crippen LogP contribution < -0.4 is 11.1 Å². The second-order valence-corrected chi connectivity index (χ2v) is 3.25. The lowest BCUT2D eigenvalue weighted by Gasteiger charge is -2.13. The molecule has 0 aliphatic carbocycles. The molecule has 0 aromatic heterocycles. The summed E-state index contributed by atoms with van der Waals surface area (Å²) in [5.74, 6) is -0.147. The molecule has 15 heavy (non-hydrogen) atoms. The number of nitrogens with one attached hydrogen (secondary N) is 1. The average Bonchev–Trinajstić information content (AvgIpc) is 2.26. The van der Waals surface area contributed by atoms with Crippen LogP contribution in [0.1, 0.15) is 18.5 Å². The van der Waals surface area contributed by atoms with E-state index >= 15 is 0 Å². The van der Waals surface area contributed by atoms with Crippen LogP contribution in [0.4, 0.5) is 4.39 Å². The number of oxime groups is 1. The van der Waals surface area contributed by atoms with Crippen molar-refractivity contribution in [2.75, 3.05) is 6.54 Å². The van der Waals surface area contributed by atoms with Crippen LogP contribution in [0.15, 0.2) is 29.4 Å². The maximum absolute atomic E-state index is 12.6. The highest BCUT2D eigenvalue weighted by Crippen LogP contribution is 2.12.